The third-order valence-electron chi connectivity index (χ3n) is 1.69. The minimum Gasteiger partial charge on any atom is -0.476 e. The molecule has 0 unspecified atom stereocenters. The molecule has 6 heteroatoms. The fourth-order valence-electron chi connectivity index (χ4n) is 1.13. The Hall–Kier alpha value is -0.880. The normalized spacial score (nSPS) is 10.9. The van der Waals surface area contributed by atoms with Crippen LogP contribution in [0.3, 0.4) is 0 Å². The number of hydrogen-bond donors (Lipinski definition) is 1. The zero-order valence-corrected chi connectivity index (χ0v) is 9.02. The minimum atomic E-state index is -0.995. The Morgan fingerprint density at radius 3 is 3.08 bits per heavy atom. The smallest absolute Gasteiger partial charge is 0.357 e. The molecule has 0 aliphatic carbocycles. The number of halogens is 1. The number of fused-ring (bicyclic) bond motifs is 1. The fraction of sp³-hybridized carbons (Fsp3) is 0.143. The average Bonchev–Trinajstić information content (AvgIpc) is 2.55. The highest BCUT2D eigenvalue weighted by Gasteiger charge is 2.17. The first-order valence-electron chi connectivity index (χ1n) is 3.46. The molecule has 2 aromatic heterocycles. The molecule has 0 aliphatic heterocycles. The van der Waals surface area contributed by atoms with Gasteiger partial charge in [-0.25, -0.2) is 9.78 Å². The van der Waals surface area contributed by atoms with Crippen molar-refractivity contribution < 1.29 is 9.90 Å². The first-order chi connectivity index (χ1) is 6.11. The van der Waals surface area contributed by atoms with Crippen LogP contribution in [0.5, 0.6) is 0 Å². The SMILES string of the molecule is Cc1csc2c(C(=O)O)nc(Br)n12. The van der Waals surface area contributed by atoms with Gasteiger partial charge in [-0.1, -0.05) is 0 Å². The Bertz CT molecular complexity index is 488. The third kappa shape index (κ3) is 1.17. The molecule has 0 radical (unpaired) electrons. The number of aromatic nitrogens is 2. The number of aryl methyl sites for hydroxylation is 1. The van der Waals surface area contributed by atoms with Crippen molar-refractivity contribution in [1.29, 1.82) is 0 Å². The van der Waals surface area contributed by atoms with Crippen molar-refractivity contribution in [3.8, 4) is 0 Å². The van der Waals surface area contributed by atoms with Gasteiger partial charge in [0.25, 0.3) is 0 Å². The van der Waals surface area contributed by atoms with E-state index in [-0.39, 0.29) is 5.69 Å². The van der Waals surface area contributed by atoms with Crippen molar-refractivity contribution in [1.82, 2.24) is 9.38 Å². The van der Waals surface area contributed by atoms with Crippen molar-refractivity contribution in [2.24, 2.45) is 0 Å². The second-order valence-electron chi connectivity index (χ2n) is 2.55. The number of imidazole rings is 1. The van der Waals surface area contributed by atoms with Gasteiger partial charge in [0, 0.05) is 11.1 Å². The van der Waals surface area contributed by atoms with Crippen LogP contribution in [0.1, 0.15) is 16.2 Å². The number of carbonyl (C=O) groups is 1. The van der Waals surface area contributed by atoms with Crippen LogP contribution in [-0.4, -0.2) is 20.5 Å². The monoisotopic (exact) mass is 260 g/mol. The first-order valence-corrected chi connectivity index (χ1v) is 5.14. The van der Waals surface area contributed by atoms with E-state index in [1.54, 1.807) is 4.40 Å². The Morgan fingerprint density at radius 2 is 2.46 bits per heavy atom. The maximum absolute atomic E-state index is 10.7. The molecular weight excluding hydrogens is 256 g/mol. The summed E-state index contributed by atoms with van der Waals surface area (Å²) < 4.78 is 2.31. The summed E-state index contributed by atoms with van der Waals surface area (Å²) in [7, 11) is 0. The van der Waals surface area contributed by atoms with Crippen LogP contribution < -0.4 is 0 Å². The summed E-state index contributed by atoms with van der Waals surface area (Å²) in [6.07, 6.45) is 0. The molecule has 2 rings (SSSR count). The number of nitrogens with zero attached hydrogens (tertiary/aromatic N) is 2. The lowest BCUT2D eigenvalue weighted by Crippen LogP contribution is -1.95. The zero-order chi connectivity index (χ0) is 9.59. The van der Waals surface area contributed by atoms with Crippen molar-refractivity contribution in [3.63, 3.8) is 0 Å². The number of aromatic carboxylic acids is 1. The van der Waals surface area contributed by atoms with Crippen LogP contribution in [0.15, 0.2) is 10.1 Å². The molecule has 0 atom stereocenters. The zero-order valence-electron chi connectivity index (χ0n) is 6.61. The van der Waals surface area contributed by atoms with Crippen molar-refractivity contribution >= 4 is 38.1 Å². The van der Waals surface area contributed by atoms with Gasteiger partial charge in [0.1, 0.15) is 4.83 Å². The standard InChI is InChI=1S/C7H5BrN2O2S/c1-3-2-13-5-4(6(11)12)9-7(8)10(3)5/h2H,1H3,(H,11,12). The average molecular weight is 261 g/mol. The molecule has 0 saturated heterocycles. The molecular formula is C7H5BrN2O2S. The molecule has 2 aromatic rings. The summed E-state index contributed by atoms with van der Waals surface area (Å²) >= 11 is 4.59. The molecule has 0 fully saturated rings. The molecule has 0 aromatic carbocycles. The molecule has 0 bridgehead atoms. The fourth-order valence-corrected chi connectivity index (χ4v) is 2.85. The van der Waals surface area contributed by atoms with Crippen molar-refractivity contribution in [2.45, 2.75) is 6.92 Å². The van der Waals surface area contributed by atoms with E-state index in [4.69, 9.17) is 5.11 Å². The van der Waals surface area contributed by atoms with Crippen molar-refractivity contribution in [2.75, 3.05) is 0 Å². The molecule has 2 heterocycles. The van der Waals surface area contributed by atoms with Crippen LogP contribution >= 0.6 is 27.3 Å². The number of carboxylic acids is 1. The van der Waals surface area contributed by atoms with Gasteiger partial charge in [-0.3, -0.25) is 4.40 Å². The number of rotatable bonds is 1. The van der Waals surface area contributed by atoms with Crippen LogP contribution in [0, 0.1) is 6.92 Å². The highest BCUT2D eigenvalue weighted by Crippen LogP contribution is 2.25. The highest BCUT2D eigenvalue weighted by molar-refractivity contribution is 9.10. The van der Waals surface area contributed by atoms with Gasteiger partial charge in [0.05, 0.1) is 0 Å². The van der Waals surface area contributed by atoms with Crippen LogP contribution in [0.4, 0.5) is 0 Å². The number of thiazole rings is 1. The van der Waals surface area contributed by atoms with Gasteiger partial charge in [-0.15, -0.1) is 11.3 Å². The Morgan fingerprint density at radius 1 is 1.77 bits per heavy atom. The van der Waals surface area contributed by atoms with E-state index in [1.807, 2.05) is 12.3 Å². The maximum atomic E-state index is 10.7. The number of hydrogen-bond acceptors (Lipinski definition) is 3. The quantitative estimate of drug-likeness (QED) is 0.855. The maximum Gasteiger partial charge on any atom is 0.357 e. The predicted molar refractivity (Wildman–Crippen MR) is 52.5 cm³/mol. The lowest BCUT2D eigenvalue weighted by Gasteiger charge is -1.88. The summed E-state index contributed by atoms with van der Waals surface area (Å²) in [4.78, 5) is 15.3. The molecule has 0 amide bonds. The lowest BCUT2D eigenvalue weighted by molar-refractivity contribution is 0.0693. The first kappa shape index (κ1) is 8.71. The highest BCUT2D eigenvalue weighted by atomic mass is 79.9. The molecule has 68 valence electrons. The molecule has 13 heavy (non-hydrogen) atoms. The Balaban J connectivity index is 2.87. The minimum absolute atomic E-state index is 0.102. The summed E-state index contributed by atoms with van der Waals surface area (Å²) in [5.74, 6) is -0.995. The largest absolute Gasteiger partial charge is 0.476 e. The summed E-state index contributed by atoms with van der Waals surface area (Å²) in [5, 5.41) is 10.7. The van der Waals surface area contributed by atoms with Gasteiger partial charge < -0.3 is 5.11 Å². The second-order valence-corrected chi connectivity index (χ2v) is 4.12. The van der Waals surface area contributed by atoms with E-state index in [0.29, 0.717) is 9.56 Å². The van der Waals surface area contributed by atoms with Gasteiger partial charge in [-0.2, -0.15) is 0 Å². The van der Waals surface area contributed by atoms with Gasteiger partial charge >= 0.3 is 5.97 Å². The predicted octanol–water partition coefficient (Wildman–Crippen LogP) is 2.16. The summed E-state index contributed by atoms with van der Waals surface area (Å²) in [6.45, 7) is 1.90. The van der Waals surface area contributed by atoms with Gasteiger partial charge in [0.2, 0.25) is 0 Å². The van der Waals surface area contributed by atoms with E-state index < -0.39 is 5.97 Å². The van der Waals surface area contributed by atoms with Crippen molar-refractivity contribution in [3.05, 3.63) is 21.5 Å². The third-order valence-corrected chi connectivity index (χ3v) is 3.28. The molecule has 0 spiro atoms. The summed E-state index contributed by atoms with van der Waals surface area (Å²) in [6, 6.07) is 0. The number of carboxylic acid groups (broad SMARTS) is 1. The Labute approximate surface area is 86.0 Å². The van der Waals surface area contributed by atoms with E-state index in [9.17, 15) is 4.79 Å². The van der Waals surface area contributed by atoms with E-state index >= 15 is 0 Å². The van der Waals surface area contributed by atoms with Crippen LogP contribution in [-0.2, 0) is 0 Å². The van der Waals surface area contributed by atoms with E-state index in [0.717, 1.165) is 5.69 Å². The summed E-state index contributed by atoms with van der Waals surface area (Å²) in [5.41, 5.74) is 1.08. The lowest BCUT2D eigenvalue weighted by atomic mass is 10.5. The molecule has 1 N–H and O–H groups in total. The molecule has 4 nitrogen and oxygen atoms in total. The van der Waals surface area contributed by atoms with E-state index in [1.165, 1.54) is 11.3 Å². The van der Waals surface area contributed by atoms with Gasteiger partial charge in [0.15, 0.2) is 10.4 Å². The van der Waals surface area contributed by atoms with Crippen LogP contribution in [0.25, 0.3) is 4.83 Å². The Kier molecular flexibility index (Phi) is 1.88. The van der Waals surface area contributed by atoms with Gasteiger partial charge in [-0.05, 0) is 22.9 Å². The molecule has 0 aliphatic rings. The second kappa shape index (κ2) is 2.81. The topological polar surface area (TPSA) is 54.6 Å². The van der Waals surface area contributed by atoms with E-state index in [2.05, 4.69) is 20.9 Å². The molecule has 0 saturated carbocycles. The van der Waals surface area contributed by atoms with Crippen LogP contribution in [0.2, 0.25) is 0 Å².